The molecule has 4 heterocycles. The van der Waals surface area contributed by atoms with E-state index >= 15 is 0 Å². The average Bonchev–Trinajstić information content (AvgIpc) is 3.21. The van der Waals surface area contributed by atoms with Gasteiger partial charge in [-0.05, 0) is 44.5 Å². The van der Waals surface area contributed by atoms with Gasteiger partial charge in [-0.2, -0.15) is 5.10 Å². The summed E-state index contributed by atoms with van der Waals surface area (Å²) in [4.78, 5) is 19.4. The molecule has 0 saturated carbocycles. The Balaban J connectivity index is 0.00000225. The lowest BCUT2D eigenvalue weighted by molar-refractivity contribution is 0.102. The summed E-state index contributed by atoms with van der Waals surface area (Å²) in [6.07, 6.45) is 4.10. The second kappa shape index (κ2) is 9.36. The van der Waals surface area contributed by atoms with Crippen LogP contribution in [0.5, 0.6) is 0 Å². The topological polar surface area (TPSA) is 84.3 Å². The number of carbonyl (C=O) groups excluding carboxylic acids is 1. The van der Waals surface area contributed by atoms with Gasteiger partial charge in [-0.1, -0.05) is 0 Å². The summed E-state index contributed by atoms with van der Waals surface area (Å²) in [5.41, 5.74) is 1.94. The predicted octanol–water partition coefficient (Wildman–Crippen LogP) is 2.02. The predicted molar refractivity (Wildman–Crippen MR) is 111 cm³/mol. The minimum absolute atomic E-state index is 0. The third-order valence-corrected chi connectivity index (χ3v) is 5.14. The molecule has 152 valence electrons. The smallest absolute Gasteiger partial charge is 0.276 e. The molecular weight excluding hydrogens is 380 g/mol. The van der Waals surface area contributed by atoms with E-state index in [2.05, 4.69) is 25.6 Å². The molecule has 0 aliphatic carbocycles. The molecule has 2 aromatic rings. The fourth-order valence-electron chi connectivity index (χ4n) is 3.56. The molecule has 9 heteroatoms. The largest absolute Gasteiger partial charge is 0.378 e. The van der Waals surface area contributed by atoms with Crippen LogP contribution < -0.4 is 15.5 Å². The van der Waals surface area contributed by atoms with E-state index in [4.69, 9.17) is 4.74 Å². The van der Waals surface area contributed by atoms with Crippen molar-refractivity contribution >= 4 is 29.8 Å². The number of piperidine rings is 1. The summed E-state index contributed by atoms with van der Waals surface area (Å²) < 4.78 is 7.28. The maximum atomic E-state index is 12.6. The molecule has 1 amide bonds. The highest BCUT2D eigenvalue weighted by atomic mass is 35.5. The summed E-state index contributed by atoms with van der Waals surface area (Å²) in [6, 6.07) is 5.94. The third-order valence-electron chi connectivity index (χ3n) is 5.14. The van der Waals surface area contributed by atoms with Crippen molar-refractivity contribution in [3.8, 4) is 0 Å². The number of morpholine rings is 1. The van der Waals surface area contributed by atoms with Gasteiger partial charge in [0.25, 0.3) is 5.91 Å². The number of amides is 1. The van der Waals surface area contributed by atoms with Gasteiger partial charge >= 0.3 is 0 Å². The molecule has 1 unspecified atom stereocenters. The Bertz CT molecular complexity index is 799. The summed E-state index contributed by atoms with van der Waals surface area (Å²) in [5, 5.41) is 10.8. The van der Waals surface area contributed by atoms with Gasteiger partial charge in [0.15, 0.2) is 5.69 Å². The number of halogens is 1. The molecule has 8 nitrogen and oxygen atoms in total. The van der Waals surface area contributed by atoms with Gasteiger partial charge in [0, 0.05) is 25.8 Å². The van der Waals surface area contributed by atoms with Crippen LogP contribution in [-0.2, 0) is 4.74 Å². The van der Waals surface area contributed by atoms with Crippen LogP contribution in [0.15, 0.2) is 24.4 Å². The summed E-state index contributed by atoms with van der Waals surface area (Å²) in [6.45, 7) is 6.98. The second-order valence-electron chi connectivity index (χ2n) is 7.04. The van der Waals surface area contributed by atoms with E-state index in [1.54, 1.807) is 6.07 Å². The van der Waals surface area contributed by atoms with Crippen molar-refractivity contribution in [2.24, 2.45) is 0 Å². The molecule has 4 rings (SSSR count). The fourth-order valence-corrected chi connectivity index (χ4v) is 3.56. The molecule has 2 N–H and O–H groups in total. The van der Waals surface area contributed by atoms with Crippen LogP contribution in [0.4, 0.5) is 11.5 Å². The monoisotopic (exact) mass is 406 g/mol. The Labute approximate surface area is 171 Å². The highest BCUT2D eigenvalue weighted by molar-refractivity contribution is 6.03. The number of aromatic nitrogens is 3. The van der Waals surface area contributed by atoms with E-state index in [-0.39, 0.29) is 18.3 Å². The van der Waals surface area contributed by atoms with Crippen molar-refractivity contribution in [3.05, 3.63) is 35.8 Å². The lowest BCUT2D eigenvalue weighted by atomic mass is 10.1. The summed E-state index contributed by atoms with van der Waals surface area (Å²) in [7, 11) is 0. The molecule has 0 aromatic carbocycles. The van der Waals surface area contributed by atoms with Crippen molar-refractivity contribution in [1.82, 2.24) is 20.1 Å². The zero-order chi connectivity index (χ0) is 18.6. The normalized spacial score (nSPS) is 19.8. The van der Waals surface area contributed by atoms with E-state index in [9.17, 15) is 4.79 Å². The first-order valence-corrected chi connectivity index (χ1v) is 9.58. The van der Waals surface area contributed by atoms with Crippen LogP contribution in [0, 0.1) is 6.92 Å². The molecule has 0 spiro atoms. The number of pyridine rings is 1. The van der Waals surface area contributed by atoms with E-state index in [1.165, 1.54) is 0 Å². The first kappa shape index (κ1) is 20.6. The molecular formula is C19H27ClN6O2. The Hall–Kier alpha value is -2.16. The van der Waals surface area contributed by atoms with Gasteiger partial charge in [-0.25, -0.2) is 4.98 Å². The van der Waals surface area contributed by atoms with E-state index in [0.29, 0.717) is 17.4 Å². The van der Waals surface area contributed by atoms with Crippen LogP contribution in [0.1, 0.15) is 35.1 Å². The van der Waals surface area contributed by atoms with Crippen molar-refractivity contribution in [2.45, 2.75) is 25.8 Å². The highest BCUT2D eigenvalue weighted by Crippen LogP contribution is 2.21. The van der Waals surface area contributed by atoms with Crippen LogP contribution >= 0.6 is 12.4 Å². The number of anilines is 2. The first-order chi connectivity index (χ1) is 13.2. The third kappa shape index (κ3) is 4.63. The van der Waals surface area contributed by atoms with Crippen LogP contribution in [0.25, 0.3) is 0 Å². The second-order valence-corrected chi connectivity index (χ2v) is 7.04. The lowest BCUT2D eigenvalue weighted by Gasteiger charge is -2.28. The molecule has 2 aliphatic rings. The molecule has 2 saturated heterocycles. The molecule has 2 aromatic heterocycles. The molecule has 0 radical (unpaired) electrons. The molecule has 0 bridgehead atoms. The van der Waals surface area contributed by atoms with Gasteiger partial charge in [0.05, 0.1) is 30.6 Å². The molecule has 2 fully saturated rings. The van der Waals surface area contributed by atoms with E-state index < -0.39 is 0 Å². The number of carbonyl (C=O) groups is 1. The van der Waals surface area contributed by atoms with Gasteiger partial charge in [0.2, 0.25) is 0 Å². The number of hydrogen-bond acceptors (Lipinski definition) is 6. The minimum Gasteiger partial charge on any atom is -0.378 e. The van der Waals surface area contributed by atoms with Crippen LogP contribution in [-0.4, -0.2) is 60.1 Å². The van der Waals surface area contributed by atoms with Crippen molar-refractivity contribution < 1.29 is 9.53 Å². The van der Waals surface area contributed by atoms with E-state index in [1.807, 2.05) is 29.9 Å². The molecule has 1 atom stereocenters. The Morgan fingerprint density at radius 1 is 1.29 bits per heavy atom. The molecule has 2 aliphatic heterocycles. The quantitative estimate of drug-likeness (QED) is 0.808. The number of nitrogens with zero attached hydrogens (tertiary/aromatic N) is 4. The van der Waals surface area contributed by atoms with Crippen molar-refractivity contribution in [2.75, 3.05) is 49.6 Å². The fraction of sp³-hybridized carbons (Fsp3) is 0.526. The number of nitrogens with one attached hydrogen (secondary N) is 2. The molecule has 28 heavy (non-hydrogen) atoms. The van der Waals surface area contributed by atoms with Crippen LogP contribution in [0.3, 0.4) is 0 Å². The Morgan fingerprint density at radius 3 is 2.82 bits per heavy atom. The van der Waals surface area contributed by atoms with E-state index in [0.717, 1.165) is 63.7 Å². The SMILES string of the molecule is Cc1nc(N2CCOCC2)ccc1NC(=O)c1ccn(C2CCCNC2)n1.Cl. The van der Waals surface area contributed by atoms with Gasteiger partial charge in [-0.3, -0.25) is 9.48 Å². The Morgan fingerprint density at radius 2 is 2.11 bits per heavy atom. The van der Waals surface area contributed by atoms with Crippen LogP contribution in [0.2, 0.25) is 0 Å². The zero-order valence-electron chi connectivity index (χ0n) is 16.1. The summed E-state index contributed by atoms with van der Waals surface area (Å²) in [5.74, 6) is 0.712. The number of aryl methyl sites for hydroxylation is 1. The number of ether oxygens (including phenoxy) is 1. The lowest BCUT2D eigenvalue weighted by Crippen LogP contribution is -2.36. The van der Waals surface area contributed by atoms with Crippen molar-refractivity contribution in [3.63, 3.8) is 0 Å². The van der Waals surface area contributed by atoms with Crippen molar-refractivity contribution in [1.29, 1.82) is 0 Å². The highest BCUT2D eigenvalue weighted by Gasteiger charge is 2.19. The zero-order valence-corrected chi connectivity index (χ0v) is 16.9. The number of rotatable bonds is 4. The van der Waals surface area contributed by atoms with Gasteiger partial charge in [-0.15, -0.1) is 12.4 Å². The first-order valence-electron chi connectivity index (χ1n) is 9.58. The maximum absolute atomic E-state index is 12.6. The Kier molecular flexibility index (Phi) is 6.88. The van der Waals surface area contributed by atoms with Gasteiger partial charge in [0.1, 0.15) is 5.82 Å². The number of hydrogen-bond donors (Lipinski definition) is 2. The standard InChI is InChI=1S/C19H26N6O2.ClH/c1-14-16(4-5-18(21-14)24-9-11-27-12-10-24)22-19(26)17-6-8-25(23-17)15-3-2-7-20-13-15;/h4-6,8,15,20H,2-3,7,9-13H2,1H3,(H,22,26);1H. The maximum Gasteiger partial charge on any atom is 0.276 e. The average molecular weight is 407 g/mol. The van der Waals surface area contributed by atoms with Gasteiger partial charge < -0.3 is 20.3 Å². The minimum atomic E-state index is -0.207. The summed E-state index contributed by atoms with van der Waals surface area (Å²) >= 11 is 0.